The molecule has 0 saturated carbocycles. The maximum absolute atomic E-state index is 12.8. The average Bonchev–Trinajstić information content (AvgIpc) is 2.85. The van der Waals surface area contributed by atoms with Gasteiger partial charge in [0.25, 0.3) is 5.91 Å². The molecule has 1 heterocycles. The predicted molar refractivity (Wildman–Crippen MR) is 66.4 cm³/mol. The molecule has 1 aliphatic heterocycles. The zero-order chi connectivity index (χ0) is 14.8. The van der Waals surface area contributed by atoms with E-state index in [0.717, 1.165) is 6.07 Å². The van der Waals surface area contributed by atoms with Gasteiger partial charge in [-0.3, -0.25) is 4.79 Å². The average molecular weight is 288 g/mol. The van der Waals surface area contributed by atoms with E-state index in [9.17, 15) is 18.0 Å². The third kappa shape index (κ3) is 3.10. The Hall–Kier alpha value is -1.60. The molecule has 20 heavy (non-hydrogen) atoms. The minimum atomic E-state index is -4.55. The summed E-state index contributed by atoms with van der Waals surface area (Å²) in [5, 5.41) is 5.60. The van der Waals surface area contributed by atoms with Crippen molar-refractivity contribution in [2.45, 2.75) is 18.3 Å². The summed E-state index contributed by atoms with van der Waals surface area (Å²) in [6.07, 6.45) is -4.79. The zero-order valence-corrected chi connectivity index (χ0v) is 10.8. The highest BCUT2D eigenvalue weighted by Crippen LogP contribution is 2.31. The van der Waals surface area contributed by atoms with Crippen molar-refractivity contribution >= 4 is 5.91 Å². The summed E-state index contributed by atoms with van der Waals surface area (Å²) in [6, 6.07) is 4.39. The monoisotopic (exact) mass is 288 g/mol. The number of rotatable bonds is 3. The van der Waals surface area contributed by atoms with E-state index in [1.54, 1.807) is 0 Å². The largest absolute Gasteiger partial charge is 0.417 e. The van der Waals surface area contributed by atoms with Crippen LogP contribution in [0.25, 0.3) is 0 Å². The fraction of sp³-hybridized carbons (Fsp3) is 0.462. The van der Waals surface area contributed by atoms with Gasteiger partial charge in [0.05, 0.1) is 23.3 Å². The lowest BCUT2D eigenvalue weighted by atomic mass is 10.1. The molecule has 0 aromatic heterocycles. The van der Waals surface area contributed by atoms with Crippen molar-refractivity contribution in [3.63, 3.8) is 0 Å². The minimum absolute atomic E-state index is 0.239. The lowest BCUT2D eigenvalue weighted by molar-refractivity contribution is -0.137. The van der Waals surface area contributed by atoms with Crippen molar-refractivity contribution in [1.29, 1.82) is 0 Å². The zero-order valence-electron chi connectivity index (χ0n) is 10.8. The molecule has 0 bridgehead atoms. The molecule has 0 spiro atoms. The number of carbonyl (C=O) groups excluding carboxylic acids is 1. The molecule has 2 N–H and O–H groups in total. The van der Waals surface area contributed by atoms with E-state index in [1.165, 1.54) is 25.3 Å². The van der Waals surface area contributed by atoms with Crippen molar-refractivity contribution in [2.75, 3.05) is 20.2 Å². The van der Waals surface area contributed by atoms with Crippen LogP contribution in [0.15, 0.2) is 24.3 Å². The van der Waals surface area contributed by atoms with E-state index in [0.29, 0.717) is 13.1 Å². The molecular formula is C13H15F3N2O2. The Bertz CT molecular complexity index is 491. The highest BCUT2D eigenvalue weighted by Gasteiger charge is 2.36. The molecule has 1 fully saturated rings. The van der Waals surface area contributed by atoms with Crippen LogP contribution < -0.4 is 10.6 Å². The number of ether oxygens (including phenoxy) is 1. The number of amides is 1. The number of carbonyl (C=O) groups is 1. The normalized spacial score (nSPS) is 22.8. The summed E-state index contributed by atoms with van der Waals surface area (Å²) in [5.74, 6) is -0.742. The standard InChI is InChI=1S/C13H15F3N2O2/c1-20-11-7-17-6-10(11)18-12(19)8-4-2-3-5-9(8)13(14,15)16/h2-5,10-11,17H,6-7H2,1H3,(H,18,19)/t10-,11-/m0/s1. The molecule has 0 aliphatic carbocycles. The van der Waals surface area contributed by atoms with Gasteiger partial charge in [-0.15, -0.1) is 0 Å². The van der Waals surface area contributed by atoms with E-state index >= 15 is 0 Å². The number of hydrogen-bond acceptors (Lipinski definition) is 3. The van der Waals surface area contributed by atoms with E-state index in [-0.39, 0.29) is 17.7 Å². The number of benzene rings is 1. The third-order valence-electron chi connectivity index (χ3n) is 3.25. The molecule has 110 valence electrons. The first-order valence-electron chi connectivity index (χ1n) is 6.14. The predicted octanol–water partition coefficient (Wildman–Crippen LogP) is 1.42. The second kappa shape index (κ2) is 5.80. The fourth-order valence-electron chi connectivity index (χ4n) is 2.22. The summed E-state index contributed by atoms with van der Waals surface area (Å²) in [5.41, 5.74) is -1.31. The molecule has 0 radical (unpaired) electrons. The molecule has 1 amide bonds. The van der Waals surface area contributed by atoms with E-state index in [4.69, 9.17) is 4.74 Å². The number of alkyl halides is 3. The van der Waals surface area contributed by atoms with Crippen LogP contribution in [0.5, 0.6) is 0 Å². The van der Waals surface area contributed by atoms with Crippen LogP contribution in [0.4, 0.5) is 13.2 Å². The molecule has 1 aromatic carbocycles. The first-order valence-corrected chi connectivity index (χ1v) is 6.14. The Kier molecular flexibility index (Phi) is 4.29. The molecule has 2 atom stereocenters. The van der Waals surface area contributed by atoms with Gasteiger partial charge in [-0.1, -0.05) is 12.1 Å². The maximum Gasteiger partial charge on any atom is 0.417 e. The van der Waals surface area contributed by atoms with Crippen LogP contribution in [-0.4, -0.2) is 38.3 Å². The van der Waals surface area contributed by atoms with Gasteiger partial charge in [0.2, 0.25) is 0 Å². The summed E-state index contributed by atoms with van der Waals surface area (Å²) >= 11 is 0. The smallest absolute Gasteiger partial charge is 0.378 e. The molecular weight excluding hydrogens is 273 g/mol. The first kappa shape index (κ1) is 14.8. The lowest BCUT2D eigenvalue weighted by Gasteiger charge is -2.20. The quantitative estimate of drug-likeness (QED) is 0.884. The Labute approximate surface area is 114 Å². The van der Waals surface area contributed by atoms with Crippen LogP contribution in [0.2, 0.25) is 0 Å². The number of halogens is 3. The van der Waals surface area contributed by atoms with E-state index in [2.05, 4.69) is 10.6 Å². The maximum atomic E-state index is 12.8. The van der Waals surface area contributed by atoms with Crippen molar-refractivity contribution < 1.29 is 22.7 Å². The molecule has 7 heteroatoms. The van der Waals surface area contributed by atoms with Crippen molar-refractivity contribution in [3.8, 4) is 0 Å². The van der Waals surface area contributed by atoms with Crippen LogP contribution in [0, 0.1) is 0 Å². The fourth-order valence-corrected chi connectivity index (χ4v) is 2.22. The topological polar surface area (TPSA) is 50.4 Å². The van der Waals surface area contributed by atoms with Gasteiger partial charge in [0, 0.05) is 20.2 Å². The first-order chi connectivity index (χ1) is 9.43. The lowest BCUT2D eigenvalue weighted by Crippen LogP contribution is -2.44. The van der Waals surface area contributed by atoms with Crippen molar-refractivity contribution in [3.05, 3.63) is 35.4 Å². The van der Waals surface area contributed by atoms with Gasteiger partial charge in [-0.25, -0.2) is 0 Å². The second-order valence-electron chi connectivity index (χ2n) is 4.56. The van der Waals surface area contributed by atoms with Crippen LogP contribution in [0.3, 0.4) is 0 Å². The number of methoxy groups -OCH3 is 1. The Balaban J connectivity index is 2.18. The van der Waals surface area contributed by atoms with Gasteiger partial charge >= 0.3 is 6.18 Å². The molecule has 4 nitrogen and oxygen atoms in total. The van der Waals surface area contributed by atoms with Gasteiger partial charge in [-0.2, -0.15) is 13.2 Å². The number of nitrogens with one attached hydrogen (secondary N) is 2. The van der Waals surface area contributed by atoms with Gasteiger partial charge in [0.15, 0.2) is 0 Å². The summed E-state index contributed by atoms with van der Waals surface area (Å²) in [7, 11) is 1.50. The third-order valence-corrected chi connectivity index (χ3v) is 3.25. The molecule has 1 aliphatic rings. The van der Waals surface area contributed by atoms with E-state index in [1.807, 2.05) is 0 Å². The Morgan fingerprint density at radius 2 is 2.05 bits per heavy atom. The Morgan fingerprint density at radius 3 is 2.70 bits per heavy atom. The summed E-state index contributed by atoms with van der Waals surface area (Å²) in [4.78, 5) is 12.0. The highest BCUT2D eigenvalue weighted by atomic mass is 19.4. The SMILES string of the molecule is CO[C@H]1CNC[C@@H]1NC(=O)c1ccccc1C(F)(F)F. The Morgan fingerprint density at radius 1 is 1.35 bits per heavy atom. The molecule has 1 aromatic rings. The highest BCUT2D eigenvalue weighted by molar-refractivity contribution is 5.96. The van der Waals surface area contributed by atoms with Gasteiger partial charge < -0.3 is 15.4 Å². The van der Waals surface area contributed by atoms with Gasteiger partial charge in [-0.05, 0) is 12.1 Å². The van der Waals surface area contributed by atoms with Crippen LogP contribution >= 0.6 is 0 Å². The van der Waals surface area contributed by atoms with Crippen molar-refractivity contribution in [1.82, 2.24) is 10.6 Å². The molecule has 0 unspecified atom stereocenters. The second-order valence-corrected chi connectivity index (χ2v) is 4.56. The minimum Gasteiger partial charge on any atom is -0.378 e. The van der Waals surface area contributed by atoms with Crippen LogP contribution in [0.1, 0.15) is 15.9 Å². The van der Waals surface area contributed by atoms with Crippen LogP contribution in [-0.2, 0) is 10.9 Å². The number of hydrogen-bond donors (Lipinski definition) is 2. The summed E-state index contributed by atoms with van der Waals surface area (Å²) < 4.78 is 43.7. The summed E-state index contributed by atoms with van der Waals surface area (Å²) in [6.45, 7) is 1.03. The molecule has 1 saturated heterocycles. The van der Waals surface area contributed by atoms with E-state index < -0.39 is 17.6 Å². The molecule has 2 rings (SSSR count). The van der Waals surface area contributed by atoms with Gasteiger partial charge in [0.1, 0.15) is 0 Å². The van der Waals surface area contributed by atoms with Crippen molar-refractivity contribution in [2.24, 2.45) is 0 Å².